The number of carbonyl (C=O) groups excluding carboxylic acids is 2. The van der Waals surface area contributed by atoms with Crippen LogP contribution < -0.4 is 4.74 Å². The summed E-state index contributed by atoms with van der Waals surface area (Å²) < 4.78 is 5.95. The third-order valence-electron chi connectivity index (χ3n) is 6.93. The standard InChI is InChI=1S/C26H29N3O3/c1-4-16(3)28-15-23(30)29-21(26(28)31)14-19-17-10-6-8-12-20(17)27-24(19)25(29)18-11-7-9-13-22(18)32-5-2/h6-13,16,21,25,27H,4-5,14-15H2,1-3H3. The summed E-state index contributed by atoms with van der Waals surface area (Å²) in [6.07, 6.45) is 1.34. The Morgan fingerprint density at radius 3 is 2.62 bits per heavy atom. The van der Waals surface area contributed by atoms with Crippen molar-refractivity contribution in [2.45, 2.75) is 51.7 Å². The second-order valence-electron chi connectivity index (χ2n) is 8.68. The maximum atomic E-state index is 13.7. The number of ether oxygens (including phenoxy) is 1. The van der Waals surface area contributed by atoms with Crippen LogP contribution in [0.1, 0.15) is 50.1 Å². The van der Waals surface area contributed by atoms with E-state index in [-0.39, 0.29) is 24.4 Å². The van der Waals surface area contributed by atoms with E-state index in [2.05, 4.69) is 18.0 Å². The number of carbonyl (C=O) groups is 2. The van der Waals surface area contributed by atoms with E-state index in [9.17, 15) is 9.59 Å². The molecule has 2 aromatic carbocycles. The molecular formula is C26H29N3O3. The molecular weight excluding hydrogens is 402 g/mol. The van der Waals surface area contributed by atoms with E-state index in [4.69, 9.17) is 4.74 Å². The molecule has 2 amide bonds. The third-order valence-corrected chi connectivity index (χ3v) is 6.93. The molecule has 0 radical (unpaired) electrons. The summed E-state index contributed by atoms with van der Waals surface area (Å²) in [4.78, 5) is 34.3. The van der Waals surface area contributed by atoms with Gasteiger partial charge in [0, 0.05) is 34.6 Å². The van der Waals surface area contributed by atoms with Crippen LogP contribution in [-0.4, -0.2) is 51.8 Å². The molecule has 1 aromatic heterocycles. The van der Waals surface area contributed by atoms with Crippen molar-refractivity contribution in [3.63, 3.8) is 0 Å². The fraction of sp³-hybridized carbons (Fsp3) is 0.385. The number of para-hydroxylation sites is 2. The topological polar surface area (TPSA) is 65.6 Å². The highest BCUT2D eigenvalue weighted by atomic mass is 16.5. The molecule has 3 aromatic rings. The zero-order chi connectivity index (χ0) is 22.4. The molecule has 1 N–H and O–H groups in total. The van der Waals surface area contributed by atoms with Gasteiger partial charge in [-0.2, -0.15) is 0 Å². The average Bonchev–Trinajstić information content (AvgIpc) is 3.19. The molecule has 2 aliphatic heterocycles. The van der Waals surface area contributed by atoms with E-state index < -0.39 is 12.1 Å². The summed E-state index contributed by atoms with van der Waals surface area (Å²) in [5.41, 5.74) is 4.03. The zero-order valence-electron chi connectivity index (χ0n) is 18.8. The monoisotopic (exact) mass is 431 g/mol. The molecule has 0 spiro atoms. The van der Waals surface area contributed by atoms with Crippen molar-refractivity contribution in [1.29, 1.82) is 0 Å². The van der Waals surface area contributed by atoms with Gasteiger partial charge >= 0.3 is 0 Å². The Morgan fingerprint density at radius 1 is 1.09 bits per heavy atom. The van der Waals surface area contributed by atoms with Crippen LogP contribution in [0.2, 0.25) is 0 Å². The predicted molar refractivity (Wildman–Crippen MR) is 124 cm³/mol. The molecule has 6 nitrogen and oxygen atoms in total. The Bertz CT molecular complexity index is 1180. The lowest BCUT2D eigenvalue weighted by Crippen LogP contribution is -2.64. The lowest BCUT2D eigenvalue weighted by Gasteiger charge is -2.48. The van der Waals surface area contributed by atoms with Gasteiger partial charge in [0.05, 0.1) is 6.61 Å². The molecule has 1 saturated heterocycles. The van der Waals surface area contributed by atoms with E-state index in [1.807, 2.05) is 56.3 Å². The fourth-order valence-corrected chi connectivity index (χ4v) is 5.20. The van der Waals surface area contributed by atoms with Crippen LogP contribution >= 0.6 is 0 Å². The lowest BCUT2D eigenvalue weighted by molar-refractivity contribution is -0.160. The van der Waals surface area contributed by atoms with E-state index in [0.29, 0.717) is 13.0 Å². The summed E-state index contributed by atoms with van der Waals surface area (Å²) in [6, 6.07) is 15.1. The number of nitrogens with zero attached hydrogens (tertiary/aromatic N) is 2. The number of benzene rings is 2. The van der Waals surface area contributed by atoms with Crippen molar-refractivity contribution in [3.05, 3.63) is 65.4 Å². The molecule has 166 valence electrons. The second-order valence-corrected chi connectivity index (χ2v) is 8.68. The van der Waals surface area contributed by atoms with Gasteiger partial charge < -0.3 is 19.5 Å². The molecule has 0 bridgehead atoms. The Hall–Kier alpha value is -3.28. The first-order valence-electron chi connectivity index (χ1n) is 11.5. The van der Waals surface area contributed by atoms with E-state index >= 15 is 0 Å². The molecule has 0 saturated carbocycles. The van der Waals surface area contributed by atoms with Gasteiger partial charge in [-0.15, -0.1) is 0 Å². The molecule has 5 rings (SSSR count). The molecule has 3 unspecified atom stereocenters. The Kier molecular flexibility index (Phi) is 5.16. The first-order chi connectivity index (χ1) is 15.5. The van der Waals surface area contributed by atoms with Crippen LogP contribution in [0.5, 0.6) is 5.75 Å². The molecule has 3 heterocycles. The van der Waals surface area contributed by atoms with Crippen molar-refractivity contribution in [2.75, 3.05) is 13.2 Å². The first-order valence-corrected chi connectivity index (χ1v) is 11.5. The number of fused-ring (bicyclic) bond motifs is 4. The number of H-pyrrole nitrogens is 1. The second kappa shape index (κ2) is 8.01. The van der Waals surface area contributed by atoms with Crippen molar-refractivity contribution in [3.8, 4) is 5.75 Å². The van der Waals surface area contributed by atoms with Gasteiger partial charge in [0.25, 0.3) is 0 Å². The summed E-state index contributed by atoms with van der Waals surface area (Å²) in [5.74, 6) is 0.763. The number of amides is 2. The zero-order valence-corrected chi connectivity index (χ0v) is 18.8. The molecule has 32 heavy (non-hydrogen) atoms. The highest BCUT2D eigenvalue weighted by Crippen LogP contribution is 2.45. The fourth-order valence-electron chi connectivity index (χ4n) is 5.20. The van der Waals surface area contributed by atoms with E-state index in [1.165, 1.54) is 0 Å². The van der Waals surface area contributed by atoms with Crippen LogP contribution in [0.3, 0.4) is 0 Å². The first kappa shape index (κ1) is 20.6. The van der Waals surface area contributed by atoms with Crippen molar-refractivity contribution in [1.82, 2.24) is 14.8 Å². The predicted octanol–water partition coefficient (Wildman–Crippen LogP) is 4.05. The summed E-state index contributed by atoms with van der Waals surface area (Å²) in [6.45, 7) is 6.67. The Morgan fingerprint density at radius 2 is 1.84 bits per heavy atom. The van der Waals surface area contributed by atoms with Crippen LogP contribution in [0.15, 0.2) is 48.5 Å². The Labute approximate surface area is 188 Å². The maximum Gasteiger partial charge on any atom is 0.246 e. The van der Waals surface area contributed by atoms with Gasteiger partial charge in [0.2, 0.25) is 11.8 Å². The number of aromatic amines is 1. The molecule has 6 heteroatoms. The summed E-state index contributed by atoms with van der Waals surface area (Å²) in [7, 11) is 0. The van der Waals surface area contributed by atoms with Gasteiger partial charge in [0.1, 0.15) is 24.4 Å². The normalized spacial score (nSPS) is 21.5. The number of nitrogens with one attached hydrogen (secondary N) is 1. The van der Waals surface area contributed by atoms with Gasteiger partial charge in [-0.3, -0.25) is 9.59 Å². The highest BCUT2D eigenvalue weighted by Gasteiger charge is 2.49. The molecule has 0 aliphatic carbocycles. The lowest BCUT2D eigenvalue weighted by atomic mass is 9.85. The number of hydrogen-bond acceptors (Lipinski definition) is 3. The highest BCUT2D eigenvalue weighted by molar-refractivity contribution is 5.98. The van der Waals surface area contributed by atoms with Crippen LogP contribution in [0.4, 0.5) is 0 Å². The maximum absolute atomic E-state index is 13.7. The van der Waals surface area contributed by atoms with Crippen molar-refractivity contribution < 1.29 is 14.3 Å². The Balaban J connectivity index is 1.72. The SMILES string of the molecule is CCOc1ccccc1C1c2[nH]c3ccccc3c2CC2C(=O)N(C(C)CC)CC(=O)N21. The van der Waals surface area contributed by atoms with Crippen molar-refractivity contribution >= 4 is 22.7 Å². The average molecular weight is 432 g/mol. The van der Waals surface area contributed by atoms with E-state index in [0.717, 1.165) is 39.9 Å². The molecule has 3 atom stereocenters. The largest absolute Gasteiger partial charge is 0.494 e. The van der Waals surface area contributed by atoms with Gasteiger partial charge in [-0.05, 0) is 38.0 Å². The van der Waals surface area contributed by atoms with Crippen LogP contribution in [-0.2, 0) is 16.0 Å². The number of hydrogen-bond donors (Lipinski definition) is 1. The molecule has 2 aliphatic rings. The smallest absolute Gasteiger partial charge is 0.246 e. The quantitative estimate of drug-likeness (QED) is 0.663. The summed E-state index contributed by atoms with van der Waals surface area (Å²) in [5, 5.41) is 1.11. The van der Waals surface area contributed by atoms with E-state index in [1.54, 1.807) is 9.80 Å². The number of piperazine rings is 1. The minimum absolute atomic E-state index is 0.0180. The number of aromatic nitrogens is 1. The van der Waals surface area contributed by atoms with Crippen molar-refractivity contribution in [2.24, 2.45) is 0 Å². The summed E-state index contributed by atoms with van der Waals surface area (Å²) >= 11 is 0. The van der Waals surface area contributed by atoms with Gasteiger partial charge in [-0.25, -0.2) is 0 Å². The molecule has 1 fully saturated rings. The van der Waals surface area contributed by atoms with Crippen LogP contribution in [0, 0.1) is 0 Å². The van der Waals surface area contributed by atoms with Crippen LogP contribution in [0.25, 0.3) is 10.9 Å². The minimum atomic E-state index is -0.517. The number of rotatable bonds is 5. The third kappa shape index (κ3) is 3.08. The minimum Gasteiger partial charge on any atom is -0.494 e. The van der Waals surface area contributed by atoms with Gasteiger partial charge in [-0.1, -0.05) is 43.3 Å². The van der Waals surface area contributed by atoms with Gasteiger partial charge in [0.15, 0.2) is 0 Å².